The number of nitrogens with one attached hydrogen (secondary N) is 3. The van der Waals surface area contributed by atoms with E-state index in [1.807, 2.05) is 36.6 Å². The van der Waals surface area contributed by atoms with Crippen molar-refractivity contribution in [1.82, 2.24) is 15.6 Å². The molecule has 0 spiro atoms. The van der Waals surface area contributed by atoms with E-state index in [2.05, 4.69) is 20.9 Å². The lowest BCUT2D eigenvalue weighted by Gasteiger charge is -2.16. The van der Waals surface area contributed by atoms with Crippen molar-refractivity contribution in [2.75, 3.05) is 11.9 Å². The van der Waals surface area contributed by atoms with Gasteiger partial charge in [-0.25, -0.2) is 9.78 Å². The molecule has 1 unspecified atom stereocenters. The number of nitrogens with zero attached hydrogens (tertiary/aromatic N) is 1. The van der Waals surface area contributed by atoms with Crippen LogP contribution in [-0.2, 0) is 4.79 Å². The monoisotopic (exact) mass is 344 g/mol. The first kappa shape index (κ1) is 16.4. The van der Waals surface area contributed by atoms with Crippen LogP contribution in [-0.4, -0.2) is 29.5 Å². The summed E-state index contributed by atoms with van der Waals surface area (Å²) in [6.45, 7) is 2.62. The van der Waals surface area contributed by atoms with Crippen LogP contribution in [0.1, 0.15) is 24.3 Å². The molecule has 0 bridgehead atoms. The predicted octanol–water partition coefficient (Wildman–Crippen LogP) is 2.91. The molecule has 126 valence electrons. The van der Waals surface area contributed by atoms with Crippen LogP contribution in [0.3, 0.4) is 0 Å². The molecule has 1 saturated heterocycles. The SMILES string of the molecule is Cc1nc(-c2ccccc2NC(=O)NC2CCCCNC2=O)cs1. The highest BCUT2D eigenvalue weighted by Gasteiger charge is 2.22. The van der Waals surface area contributed by atoms with E-state index in [1.165, 1.54) is 0 Å². The Balaban J connectivity index is 1.71. The molecule has 1 aromatic carbocycles. The highest BCUT2D eigenvalue weighted by atomic mass is 32.1. The van der Waals surface area contributed by atoms with E-state index in [0.29, 0.717) is 18.7 Å². The molecule has 2 heterocycles. The molecule has 1 aliphatic heterocycles. The molecule has 6 nitrogen and oxygen atoms in total. The lowest BCUT2D eigenvalue weighted by atomic mass is 10.1. The van der Waals surface area contributed by atoms with E-state index in [-0.39, 0.29) is 11.9 Å². The van der Waals surface area contributed by atoms with Crippen molar-refractivity contribution in [3.05, 3.63) is 34.7 Å². The van der Waals surface area contributed by atoms with Crippen LogP contribution in [0.2, 0.25) is 0 Å². The normalized spacial score (nSPS) is 17.7. The smallest absolute Gasteiger partial charge is 0.319 e. The second-order valence-electron chi connectivity index (χ2n) is 5.74. The minimum Gasteiger partial charge on any atom is -0.354 e. The van der Waals surface area contributed by atoms with Crippen molar-refractivity contribution < 1.29 is 9.59 Å². The Hall–Kier alpha value is -2.41. The number of rotatable bonds is 3. The van der Waals surface area contributed by atoms with Crippen LogP contribution in [0.5, 0.6) is 0 Å². The molecule has 0 saturated carbocycles. The molecule has 1 aliphatic rings. The summed E-state index contributed by atoms with van der Waals surface area (Å²) < 4.78 is 0. The Morgan fingerprint density at radius 2 is 2.17 bits per heavy atom. The van der Waals surface area contributed by atoms with Gasteiger partial charge >= 0.3 is 6.03 Å². The number of carbonyl (C=O) groups excluding carboxylic acids is 2. The molecule has 1 atom stereocenters. The van der Waals surface area contributed by atoms with Gasteiger partial charge in [0.2, 0.25) is 5.91 Å². The van der Waals surface area contributed by atoms with Crippen molar-refractivity contribution in [3.63, 3.8) is 0 Å². The van der Waals surface area contributed by atoms with Gasteiger partial charge in [-0.1, -0.05) is 18.2 Å². The zero-order chi connectivity index (χ0) is 16.9. The molecule has 24 heavy (non-hydrogen) atoms. The zero-order valence-corrected chi connectivity index (χ0v) is 14.3. The number of aryl methyl sites for hydroxylation is 1. The Bertz CT molecular complexity index is 744. The van der Waals surface area contributed by atoms with Crippen LogP contribution >= 0.6 is 11.3 Å². The largest absolute Gasteiger partial charge is 0.354 e. The van der Waals surface area contributed by atoms with Gasteiger partial charge in [0.25, 0.3) is 0 Å². The molecule has 0 aliphatic carbocycles. The highest BCUT2D eigenvalue weighted by molar-refractivity contribution is 7.09. The fourth-order valence-corrected chi connectivity index (χ4v) is 3.31. The maximum atomic E-state index is 12.3. The summed E-state index contributed by atoms with van der Waals surface area (Å²) in [4.78, 5) is 28.7. The minimum absolute atomic E-state index is 0.119. The number of amides is 3. The van der Waals surface area contributed by atoms with Crippen molar-refractivity contribution in [2.24, 2.45) is 0 Å². The maximum absolute atomic E-state index is 12.3. The predicted molar refractivity (Wildman–Crippen MR) is 95.1 cm³/mol. The number of benzene rings is 1. The quantitative estimate of drug-likeness (QED) is 0.800. The van der Waals surface area contributed by atoms with Crippen molar-refractivity contribution in [1.29, 1.82) is 0 Å². The second-order valence-corrected chi connectivity index (χ2v) is 6.80. The number of thiazole rings is 1. The Morgan fingerprint density at radius 3 is 2.96 bits per heavy atom. The maximum Gasteiger partial charge on any atom is 0.319 e. The summed E-state index contributed by atoms with van der Waals surface area (Å²) in [5, 5.41) is 11.4. The van der Waals surface area contributed by atoms with Gasteiger partial charge in [0, 0.05) is 17.5 Å². The molecule has 3 rings (SSSR count). The van der Waals surface area contributed by atoms with Crippen LogP contribution in [0.15, 0.2) is 29.6 Å². The van der Waals surface area contributed by atoms with E-state index in [9.17, 15) is 9.59 Å². The summed E-state index contributed by atoms with van der Waals surface area (Å²) in [7, 11) is 0. The first-order valence-corrected chi connectivity index (χ1v) is 8.88. The Labute approximate surface area is 144 Å². The average Bonchev–Trinajstić information content (AvgIpc) is 2.90. The van der Waals surface area contributed by atoms with E-state index in [4.69, 9.17) is 0 Å². The molecule has 1 fully saturated rings. The average molecular weight is 344 g/mol. The first-order chi connectivity index (χ1) is 11.6. The van der Waals surface area contributed by atoms with Crippen LogP contribution in [0.25, 0.3) is 11.3 Å². The van der Waals surface area contributed by atoms with Crippen LogP contribution < -0.4 is 16.0 Å². The van der Waals surface area contributed by atoms with Gasteiger partial charge in [-0.15, -0.1) is 11.3 Å². The topological polar surface area (TPSA) is 83.1 Å². The molecular formula is C17H20N4O2S. The van der Waals surface area contributed by atoms with Crippen molar-refractivity contribution in [2.45, 2.75) is 32.2 Å². The number of para-hydroxylation sites is 1. The lowest BCUT2D eigenvalue weighted by molar-refractivity contribution is -0.122. The van der Waals surface area contributed by atoms with Gasteiger partial charge in [-0.2, -0.15) is 0 Å². The first-order valence-electron chi connectivity index (χ1n) is 8.00. The fraction of sp³-hybridized carbons (Fsp3) is 0.353. The number of carbonyl (C=O) groups is 2. The number of urea groups is 1. The summed E-state index contributed by atoms with van der Waals surface area (Å²) in [5.74, 6) is -0.119. The lowest BCUT2D eigenvalue weighted by Crippen LogP contribution is -2.47. The van der Waals surface area contributed by atoms with E-state index in [0.717, 1.165) is 29.1 Å². The standard InChI is InChI=1S/C17H20N4O2S/c1-11-19-15(10-24-11)12-6-2-3-7-13(12)20-17(23)21-14-8-4-5-9-18-16(14)22/h2-3,6-7,10,14H,4-5,8-9H2,1H3,(H,18,22)(H2,20,21,23). The molecule has 0 radical (unpaired) electrons. The molecule has 3 amide bonds. The summed E-state index contributed by atoms with van der Waals surface area (Å²) in [5.41, 5.74) is 2.37. The molecular weight excluding hydrogens is 324 g/mol. The van der Waals surface area contributed by atoms with Gasteiger partial charge in [0.1, 0.15) is 6.04 Å². The Morgan fingerprint density at radius 1 is 1.33 bits per heavy atom. The van der Waals surface area contributed by atoms with E-state index in [1.54, 1.807) is 11.3 Å². The van der Waals surface area contributed by atoms with Gasteiger partial charge in [-0.05, 0) is 32.3 Å². The molecule has 1 aromatic heterocycles. The van der Waals surface area contributed by atoms with Gasteiger partial charge < -0.3 is 16.0 Å². The van der Waals surface area contributed by atoms with Gasteiger partial charge in [0.05, 0.1) is 16.4 Å². The summed E-state index contributed by atoms with van der Waals surface area (Å²) in [6.07, 6.45) is 2.52. The third-order valence-electron chi connectivity index (χ3n) is 3.91. The zero-order valence-electron chi connectivity index (χ0n) is 13.5. The number of aromatic nitrogens is 1. The molecule has 2 aromatic rings. The van der Waals surface area contributed by atoms with Gasteiger partial charge in [0.15, 0.2) is 0 Å². The van der Waals surface area contributed by atoms with E-state index < -0.39 is 6.04 Å². The molecule has 7 heteroatoms. The molecule has 3 N–H and O–H groups in total. The van der Waals surface area contributed by atoms with Crippen molar-refractivity contribution >= 4 is 29.0 Å². The van der Waals surface area contributed by atoms with E-state index >= 15 is 0 Å². The Kier molecular flexibility index (Phi) is 5.10. The second kappa shape index (κ2) is 7.44. The summed E-state index contributed by atoms with van der Waals surface area (Å²) >= 11 is 1.57. The minimum atomic E-state index is -0.485. The van der Waals surface area contributed by atoms with Crippen LogP contribution in [0, 0.1) is 6.92 Å². The number of hydrogen-bond donors (Lipinski definition) is 3. The number of anilines is 1. The highest BCUT2D eigenvalue weighted by Crippen LogP contribution is 2.28. The number of hydrogen-bond acceptors (Lipinski definition) is 4. The van der Waals surface area contributed by atoms with Gasteiger partial charge in [-0.3, -0.25) is 4.79 Å². The van der Waals surface area contributed by atoms with Crippen LogP contribution in [0.4, 0.5) is 10.5 Å². The fourth-order valence-electron chi connectivity index (χ4n) is 2.70. The third-order valence-corrected chi connectivity index (χ3v) is 4.68. The third kappa shape index (κ3) is 3.91. The van der Waals surface area contributed by atoms with Crippen molar-refractivity contribution in [3.8, 4) is 11.3 Å². The summed E-state index contributed by atoms with van der Waals surface area (Å²) in [6, 6.07) is 6.65.